The standard InChI is InChI=1S/C23H35N3O5/c1-7-8-22(28)24-18-9-10-20-19(11-18)23(29)25(5)13-21(30-6)15(2)12-26(17(4)27)16(3)14-31-20/h9-11,15-16,21H,7-8,12-14H2,1-6H3,(H,24,28)/t15-,16-,21+/m1/s1. The Labute approximate surface area is 184 Å². The predicted octanol–water partition coefficient (Wildman–Crippen LogP) is 2.78. The molecule has 2 rings (SSSR count). The molecule has 0 saturated heterocycles. The van der Waals surface area contributed by atoms with Gasteiger partial charge >= 0.3 is 0 Å². The van der Waals surface area contributed by atoms with Gasteiger partial charge in [0.25, 0.3) is 5.91 Å². The van der Waals surface area contributed by atoms with Crippen LogP contribution in [0.15, 0.2) is 18.2 Å². The molecule has 1 aliphatic rings. The second-order valence-electron chi connectivity index (χ2n) is 8.28. The van der Waals surface area contributed by atoms with Gasteiger partial charge in [0.15, 0.2) is 0 Å². The van der Waals surface area contributed by atoms with Gasteiger partial charge in [0, 0.05) is 52.2 Å². The van der Waals surface area contributed by atoms with E-state index >= 15 is 0 Å². The Morgan fingerprint density at radius 2 is 1.97 bits per heavy atom. The monoisotopic (exact) mass is 433 g/mol. The summed E-state index contributed by atoms with van der Waals surface area (Å²) < 4.78 is 11.6. The zero-order chi connectivity index (χ0) is 23.1. The van der Waals surface area contributed by atoms with Crippen LogP contribution < -0.4 is 10.1 Å². The number of amides is 3. The van der Waals surface area contributed by atoms with Crippen molar-refractivity contribution in [2.75, 3.05) is 39.2 Å². The lowest BCUT2D eigenvalue weighted by atomic mass is 10.0. The van der Waals surface area contributed by atoms with Crippen LogP contribution in [0.4, 0.5) is 5.69 Å². The van der Waals surface area contributed by atoms with Crippen LogP contribution >= 0.6 is 0 Å². The molecular formula is C23H35N3O5. The molecule has 0 fully saturated rings. The van der Waals surface area contributed by atoms with Crippen molar-refractivity contribution >= 4 is 23.4 Å². The number of carbonyl (C=O) groups excluding carboxylic acids is 3. The number of hydrogen-bond donors (Lipinski definition) is 1. The average Bonchev–Trinajstić information content (AvgIpc) is 2.72. The Balaban J connectivity index is 2.42. The third kappa shape index (κ3) is 6.43. The summed E-state index contributed by atoms with van der Waals surface area (Å²) in [6, 6.07) is 4.88. The number of benzene rings is 1. The molecule has 31 heavy (non-hydrogen) atoms. The Morgan fingerprint density at radius 1 is 1.26 bits per heavy atom. The predicted molar refractivity (Wildman–Crippen MR) is 119 cm³/mol. The lowest BCUT2D eigenvalue weighted by molar-refractivity contribution is -0.133. The van der Waals surface area contributed by atoms with E-state index in [4.69, 9.17) is 9.47 Å². The minimum Gasteiger partial charge on any atom is -0.491 e. The number of anilines is 1. The van der Waals surface area contributed by atoms with Crippen LogP contribution in [-0.4, -0.2) is 73.5 Å². The van der Waals surface area contributed by atoms with Gasteiger partial charge in [0.05, 0.1) is 17.7 Å². The van der Waals surface area contributed by atoms with E-state index in [1.807, 2.05) is 20.8 Å². The fourth-order valence-corrected chi connectivity index (χ4v) is 3.74. The smallest absolute Gasteiger partial charge is 0.257 e. The van der Waals surface area contributed by atoms with Crippen LogP contribution in [0, 0.1) is 5.92 Å². The highest BCUT2D eigenvalue weighted by molar-refractivity contribution is 5.99. The summed E-state index contributed by atoms with van der Waals surface area (Å²) in [6.45, 7) is 8.54. The molecule has 0 aromatic heterocycles. The maximum Gasteiger partial charge on any atom is 0.257 e. The summed E-state index contributed by atoms with van der Waals surface area (Å²) in [7, 11) is 3.33. The third-order valence-electron chi connectivity index (χ3n) is 5.61. The maximum absolute atomic E-state index is 13.3. The molecule has 0 aliphatic carbocycles. The van der Waals surface area contributed by atoms with Crippen LogP contribution in [0.5, 0.6) is 5.75 Å². The molecule has 3 amide bonds. The summed E-state index contributed by atoms with van der Waals surface area (Å²) >= 11 is 0. The topological polar surface area (TPSA) is 88.2 Å². The van der Waals surface area contributed by atoms with Crippen LogP contribution in [0.3, 0.4) is 0 Å². The molecule has 0 bridgehead atoms. The van der Waals surface area contributed by atoms with E-state index in [-0.39, 0.29) is 42.4 Å². The number of methoxy groups -OCH3 is 1. The van der Waals surface area contributed by atoms with E-state index in [1.54, 1.807) is 49.1 Å². The Morgan fingerprint density at radius 3 is 2.58 bits per heavy atom. The van der Waals surface area contributed by atoms with Gasteiger partial charge < -0.3 is 24.6 Å². The maximum atomic E-state index is 13.3. The fourth-order valence-electron chi connectivity index (χ4n) is 3.74. The van der Waals surface area contributed by atoms with Crippen molar-refractivity contribution in [2.45, 2.75) is 52.7 Å². The number of ether oxygens (including phenoxy) is 2. The molecule has 1 aromatic rings. The highest BCUT2D eigenvalue weighted by Crippen LogP contribution is 2.26. The molecule has 3 atom stereocenters. The third-order valence-corrected chi connectivity index (χ3v) is 5.61. The first-order valence-corrected chi connectivity index (χ1v) is 10.8. The van der Waals surface area contributed by atoms with Gasteiger partial charge in [-0.1, -0.05) is 13.8 Å². The highest BCUT2D eigenvalue weighted by Gasteiger charge is 2.29. The van der Waals surface area contributed by atoms with Crippen LogP contribution in [0.1, 0.15) is 50.9 Å². The van der Waals surface area contributed by atoms with Crippen LogP contribution in [0.2, 0.25) is 0 Å². The summed E-state index contributed by atoms with van der Waals surface area (Å²) in [6.07, 6.45) is 0.912. The highest BCUT2D eigenvalue weighted by atomic mass is 16.5. The fraction of sp³-hybridized carbons (Fsp3) is 0.609. The molecule has 0 spiro atoms. The Kier molecular flexibility index (Phi) is 8.86. The number of fused-ring (bicyclic) bond motifs is 1. The molecule has 1 heterocycles. The van der Waals surface area contributed by atoms with E-state index in [9.17, 15) is 14.4 Å². The number of likely N-dealkylation sites (N-methyl/N-ethyl adjacent to an activating group) is 1. The SMILES string of the molecule is CCCC(=O)Nc1ccc2c(c1)C(=O)N(C)C[C@H](OC)[C@H](C)CN(C(C)=O)[C@H](C)CO2. The van der Waals surface area contributed by atoms with Gasteiger partial charge in [-0.25, -0.2) is 0 Å². The van der Waals surface area contributed by atoms with E-state index < -0.39 is 0 Å². The van der Waals surface area contributed by atoms with Gasteiger partial charge in [-0.15, -0.1) is 0 Å². The van der Waals surface area contributed by atoms with E-state index in [0.29, 0.717) is 36.5 Å². The van der Waals surface area contributed by atoms with Gasteiger partial charge in [-0.2, -0.15) is 0 Å². The molecular weight excluding hydrogens is 398 g/mol. The quantitative estimate of drug-likeness (QED) is 0.789. The number of nitrogens with zero attached hydrogens (tertiary/aromatic N) is 2. The summed E-state index contributed by atoms with van der Waals surface area (Å²) in [5.74, 6) is 0.0887. The first kappa shape index (κ1) is 24.7. The summed E-state index contributed by atoms with van der Waals surface area (Å²) in [5.41, 5.74) is 0.908. The molecule has 0 saturated carbocycles. The molecule has 0 radical (unpaired) electrons. The van der Waals surface area contributed by atoms with Crippen molar-refractivity contribution in [3.63, 3.8) is 0 Å². The average molecular weight is 434 g/mol. The van der Waals surface area contributed by atoms with Crippen molar-refractivity contribution in [1.82, 2.24) is 9.80 Å². The molecule has 8 nitrogen and oxygen atoms in total. The minimum absolute atomic E-state index is 0.0187. The van der Waals surface area contributed by atoms with Gasteiger partial charge in [0.2, 0.25) is 11.8 Å². The van der Waals surface area contributed by atoms with Gasteiger partial charge in [-0.3, -0.25) is 14.4 Å². The normalized spacial score (nSPS) is 22.6. The Hall–Kier alpha value is -2.61. The first-order chi connectivity index (χ1) is 14.7. The van der Waals surface area contributed by atoms with Crippen LogP contribution in [0.25, 0.3) is 0 Å². The number of nitrogens with one attached hydrogen (secondary N) is 1. The van der Waals surface area contributed by atoms with Crippen molar-refractivity contribution in [1.29, 1.82) is 0 Å². The lowest BCUT2D eigenvalue weighted by Crippen LogP contribution is -2.48. The Bertz CT molecular complexity index is 797. The zero-order valence-corrected chi connectivity index (χ0v) is 19.4. The minimum atomic E-state index is -0.237. The number of rotatable bonds is 4. The van der Waals surface area contributed by atoms with Crippen molar-refractivity contribution < 1.29 is 23.9 Å². The van der Waals surface area contributed by atoms with Crippen molar-refractivity contribution in [3.8, 4) is 5.75 Å². The van der Waals surface area contributed by atoms with Gasteiger partial charge in [-0.05, 0) is 31.5 Å². The first-order valence-electron chi connectivity index (χ1n) is 10.8. The van der Waals surface area contributed by atoms with Crippen molar-refractivity contribution in [3.05, 3.63) is 23.8 Å². The second-order valence-corrected chi connectivity index (χ2v) is 8.28. The van der Waals surface area contributed by atoms with Crippen LogP contribution in [-0.2, 0) is 14.3 Å². The van der Waals surface area contributed by atoms with Gasteiger partial charge in [0.1, 0.15) is 12.4 Å². The van der Waals surface area contributed by atoms with E-state index in [2.05, 4.69) is 5.32 Å². The van der Waals surface area contributed by atoms with E-state index in [1.165, 1.54) is 0 Å². The molecule has 172 valence electrons. The molecule has 1 aliphatic heterocycles. The molecule has 1 N–H and O–H groups in total. The summed E-state index contributed by atoms with van der Waals surface area (Å²) in [4.78, 5) is 40.9. The van der Waals surface area contributed by atoms with Crippen molar-refractivity contribution in [2.24, 2.45) is 5.92 Å². The van der Waals surface area contributed by atoms with E-state index in [0.717, 1.165) is 6.42 Å². The summed E-state index contributed by atoms with van der Waals surface area (Å²) in [5, 5.41) is 2.83. The second kappa shape index (κ2) is 11.1. The molecule has 1 aromatic carbocycles. The molecule has 8 heteroatoms. The largest absolute Gasteiger partial charge is 0.491 e. The lowest BCUT2D eigenvalue weighted by Gasteiger charge is -2.35. The number of carbonyl (C=O) groups is 3. The molecule has 0 unspecified atom stereocenters. The number of hydrogen-bond acceptors (Lipinski definition) is 5. The zero-order valence-electron chi connectivity index (χ0n) is 19.4.